The maximum Gasteiger partial charge on any atom is 0.433 e. The third kappa shape index (κ3) is 3.05. The van der Waals surface area contributed by atoms with E-state index in [2.05, 4.69) is 10.1 Å². The molecule has 0 fully saturated rings. The summed E-state index contributed by atoms with van der Waals surface area (Å²) in [5, 5.41) is 6.33. The lowest BCUT2D eigenvalue weighted by atomic mass is 9.87. The molecular weight excluding hydrogens is 359 g/mol. The zero-order valence-electron chi connectivity index (χ0n) is 14.5. The van der Waals surface area contributed by atoms with E-state index < -0.39 is 11.9 Å². The Bertz CT molecular complexity index is 938. The summed E-state index contributed by atoms with van der Waals surface area (Å²) in [4.78, 5) is 4.44. The van der Waals surface area contributed by atoms with Crippen molar-refractivity contribution in [3.63, 3.8) is 0 Å². The summed E-state index contributed by atoms with van der Waals surface area (Å²) < 4.78 is 42.3. The molecule has 3 nitrogen and oxygen atoms in total. The van der Waals surface area contributed by atoms with Crippen molar-refractivity contribution in [3.8, 4) is 16.4 Å². The number of benzene rings is 1. The fourth-order valence-electron chi connectivity index (χ4n) is 3.39. The predicted octanol–water partition coefficient (Wildman–Crippen LogP) is 5.45. The maximum atomic E-state index is 13.8. The first-order valence-electron chi connectivity index (χ1n) is 8.54. The lowest BCUT2D eigenvalue weighted by Gasteiger charge is -2.18. The molecule has 0 saturated heterocycles. The Morgan fingerprint density at radius 1 is 1.19 bits per heavy atom. The zero-order valence-corrected chi connectivity index (χ0v) is 15.3. The largest absolute Gasteiger partial charge is 0.433 e. The molecule has 0 bridgehead atoms. The van der Waals surface area contributed by atoms with Crippen LogP contribution in [0.1, 0.15) is 35.9 Å². The van der Waals surface area contributed by atoms with Crippen LogP contribution in [0.4, 0.5) is 13.2 Å². The van der Waals surface area contributed by atoms with E-state index in [9.17, 15) is 13.2 Å². The van der Waals surface area contributed by atoms with Crippen LogP contribution in [0.2, 0.25) is 0 Å². The molecule has 0 spiro atoms. The van der Waals surface area contributed by atoms with Crippen LogP contribution < -0.4 is 0 Å². The highest BCUT2D eigenvalue weighted by molar-refractivity contribution is 7.12. The standard InChI is InChI=1S/C19H18F3N3S/c1-11-3-6-13(7-4-11)16-10-26-18(23-16)25-17(19(20,21)22)14-9-12(2)5-8-15(14)24-25/h3-4,6-7,10,12H,5,8-9H2,1-2H3/t12-/m1/s1. The number of halogens is 3. The minimum Gasteiger partial charge on any atom is -0.218 e. The predicted molar refractivity (Wildman–Crippen MR) is 95.6 cm³/mol. The Kier molecular flexibility index (Phi) is 4.14. The van der Waals surface area contributed by atoms with Gasteiger partial charge in [-0.1, -0.05) is 36.8 Å². The zero-order chi connectivity index (χ0) is 18.5. The van der Waals surface area contributed by atoms with Gasteiger partial charge in [-0.3, -0.25) is 0 Å². The Morgan fingerprint density at radius 2 is 1.92 bits per heavy atom. The monoisotopic (exact) mass is 377 g/mol. The van der Waals surface area contributed by atoms with Gasteiger partial charge in [0, 0.05) is 16.5 Å². The number of fused-ring (bicyclic) bond motifs is 1. The van der Waals surface area contributed by atoms with Gasteiger partial charge in [0.2, 0.25) is 5.13 Å². The molecule has 2 aromatic heterocycles. The van der Waals surface area contributed by atoms with Crippen molar-refractivity contribution in [2.75, 3.05) is 0 Å². The van der Waals surface area contributed by atoms with Crippen LogP contribution in [0.5, 0.6) is 0 Å². The molecule has 1 aliphatic carbocycles. The Labute approximate surface area is 153 Å². The third-order valence-electron chi connectivity index (χ3n) is 4.78. The second kappa shape index (κ2) is 6.23. The molecule has 0 radical (unpaired) electrons. The summed E-state index contributed by atoms with van der Waals surface area (Å²) in [6.45, 7) is 3.97. The maximum absolute atomic E-state index is 13.8. The van der Waals surface area contributed by atoms with Crippen LogP contribution in [0.25, 0.3) is 16.4 Å². The van der Waals surface area contributed by atoms with E-state index >= 15 is 0 Å². The van der Waals surface area contributed by atoms with Gasteiger partial charge in [0.25, 0.3) is 0 Å². The fourth-order valence-corrected chi connectivity index (χ4v) is 4.18. The van der Waals surface area contributed by atoms with Crippen LogP contribution in [0.15, 0.2) is 29.6 Å². The molecule has 0 amide bonds. The molecule has 136 valence electrons. The van der Waals surface area contributed by atoms with Crippen molar-refractivity contribution < 1.29 is 13.2 Å². The van der Waals surface area contributed by atoms with Crippen molar-refractivity contribution in [1.29, 1.82) is 0 Å². The average molecular weight is 377 g/mol. The minimum absolute atomic E-state index is 0.237. The van der Waals surface area contributed by atoms with Gasteiger partial charge in [0.1, 0.15) is 0 Å². The van der Waals surface area contributed by atoms with E-state index in [-0.39, 0.29) is 11.0 Å². The molecule has 0 N–H and O–H groups in total. The minimum atomic E-state index is -4.45. The van der Waals surface area contributed by atoms with Crippen molar-refractivity contribution >= 4 is 11.3 Å². The number of rotatable bonds is 2. The SMILES string of the molecule is Cc1ccc(-c2csc(-n3nc4c(c3C(F)(F)F)C[C@H](C)CC4)n2)cc1. The summed E-state index contributed by atoms with van der Waals surface area (Å²) >= 11 is 1.19. The van der Waals surface area contributed by atoms with Gasteiger partial charge in [-0.25, -0.2) is 9.67 Å². The smallest absolute Gasteiger partial charge is 0.218 e. The molecule has 0 aliphatic heterocycles. The van der Waals surface area contributed by atoms with Crippen LogP contribution >= 0.6 is 11.3 Å². The molecule has 7 heteroatoms. The van der Waals surface area contributed by atoms with Crippen LogP contribution in [0.3, 0.4) is 0 Å². The fraction of sp³-hybridized carbons (Fsp3) is 0.368. The van der Waals surface area contributed by atoms with Gasteiger partial charge < -0.3 is 0 Å². The van der Waals surface area contributed by atoms with Crippen LogP contribution in [0, 0.1) is 12.8 Å². The number of aromatic nitrogens is 3. The second-order valence-corrected chi connectivity index (χ2v) is 7.75. The molecule has 3 aromatic rings. The quantitative estimate of drug-likeness (QED) is 0.595. The van der Waals surface area contributed by atoms with E-state index in [4.69, 9.17) is 0 Å². The van der Waals surface area contributed by atoms with Crippen molar-refractivity contribution in [1.82, 2.24) is 14.8 Å². The highest BCUT2D eigenvalue weighted by atomic mass is 32.1. The van der Waals surface area contributed by atoms with Gasteiger partial charge in [-0.05, 0) is 32.1 Å². The van der Waals surface area contributed by atoms with Gasteiger partial charge in [0.15, 0.2) is 5.69 Å². The van der Waals surface area contributed by atoms with Crippen molar-refractivity contribution in [2.24, 2.45) is 5.92 Å². The number of aryl methyl sites for hydroxylation is 2. The molecule has 2 heterocycles. The molecule has 1 aliphatic rings. The summed E-state index contributed by atoms with van der Waals surface area (Å²) in [7, 11) is 0. The van der Waals surface area contributed by atoms with Gasteiger partial charge in [0.05, 0.1) is 11.4 Å². The molecule has 1 atom stereocenters. The molecule has 0 saturated carbocycles. The van der Waals surface area contributed by atoms with Crippen molar-refractivity contribution in [3.05, 3.63) is 52.2 Å². The first-order chi connectivity index (χ1) is 12.3. The van der Waals surface area contributed by atoms with E-state index in [1.807, 2.05) is 38.1 Å². The number of nitrogens with zero attached hydrogens (tertiary/aromatic N) is 3. The first-order valence-corrected chi connectivity index (χ1v) is 9.42. The number of thiazole rings is 1. The summed E-state index contributed by atoms with van der Waals surface area (Å²) in [6.07, 6.45) is -2.58. The molecular formula is C19H18F3N3S. The lowest BCUT2D eigenvalue weighted by Crippen LogP contribution is -2.18. The number of hydrogen-bond acceptors (Lipinski definition) is 3. The molecule has 4 rings (SSSR count). The normalized spacial score (nSPS) is 17.3. The van der Waals surface area contributed by atoms with Crippen LogP contribution in [-0.2, 0) is 19.0 Å². The Morgan fingerprint density at radius 3 is 2.62 bits per heavy atom. The Hall–Kier alpha value is -2.15. The Balaban J connectivity index is 1.80. The average Bonchev–Trinajstić information content (AvgIpc) is 3.18. The van der Waals surface area contributed by atoms with E-state index in [1.165, 1.54) is 11.3 Å². The third-order valence-corrected chi connectivity index (χ3v) is 5.60. The lowest BCUT2D eigenvalue weighted by molar-refractivity contribution is -0.143. The highest BCUT2D eigenvalue weighted by Gasteiger charge is 2.42. The van der Waals surface area contributed by atoms with Gasteiger partial charge in [-0.2, -0.15) is 18.3 Å². The van der Waals surface area contributed by atoms with Gasteiger partial charge >= 0.3 is 6.18 Å². The summed E-state index contributed by atoms with van der Waals surface area (Å²) in [5.41, 5.74) is 2.91. The molecule has 1 aromatic carbocycles. The van der Waals surface area contributed by atoms with Crippen molar-refractivity contribution in [2.45, 2.75) is 39.3 Å². The highest BCUT2D eigenvalue weighted by Crippen LogP contribution is 2.39. The molecule has 0 unspecified atom stereocenters. The van der Waals surface area contributed by atoms with E-state index in [0.29, 0.717) is 29.8 Å². The number of alkyl halides is 3. The van der Waals surface area contributed by atoms with E-state index in [0.717, 1.165) is 22.2 Å². The topological polar surface area (TPSA) is 30.7 Å². The van der Waals surface area contributed by atoms with Crippen LogP contribution in [-0.4, -0.2) is 14.8 Å². The summed E-state index contributed by atoms with van der Waals surface area (Å²) in [6, 6.07) is 7.77. The van der Waals surface area contributed by atoms with E-state index in [1.54, 1.807) is 5.38 Å². The first kappa shape index (κ1) is 17.3. The number of hydrogen-bond donors (Lipinski definition) is 0. The second-order valence-electron chi connectivity index (χ2n) is 6.91. The van der Waals surface area contributed by atoms with Gasteiger partial charge in [-0.15, -0.1) is 11.3 Å². The molecule has 26 heavy (non-hydrogen) atoms. The summed E-state index contributed by atoms with van der Waals surface area (Å²) in [5.74, 6) is 0.237.